The van der Waals surface area contributed by atoms with Crippen LogP contribution in [-0.4, -0.2) is 34.5 Å². The summed E-state index contributed by atoms with van der Waals surface area (Å²) < 4.78 is 0.0243. The quantitative estimate of drug-likeness (QED) is 0.805. The van der Waals surface area contributed by atoms with E-state index in [9.17, 15) is 9.59 Å². The molecule has 0 saturated heterocycles. The van der Waals surface area contributed by atoms with Crippen molar-refractivity contribution in [2.24, 2.45) is 11.8 Å². The normalized spacial score (nSPS) is 24.6. The van der Waals surface area contributed by atoms with E-state index in [1.54, 1.807) is 11.8 Å². The van der Waals surface area contributed by atoms with Crippen molar-refractivity contribution in [2.45, 2.75) is 44.3 Å². The number of carbonyl (C=O) groups is 2. The van der Waals surface area contributed by atoms with Crippen molar-refractivity contribution in [3.63, 3.8) is 0 Å². The van der Waals surface area contributed by atoms with Crippen LogP contribution >= 0.6 is 11.8 Å². The third kappa shape index (κ3) is 4.52. The number of aliphatic carboxylic acids is 1. The number of hydrogen-bond donors (Lipinski definition) is 2. The van der Waals surface area contributed by atoms with Gasteiger partial charge in [0.05, 0.1) is 5.92 Å². The summed E-state index contributed by atoms with van der Waals surface area (Å²) >= 11 is 1.71. The molecule has 18 heavy (non-hydrogen) atoms. The van der Waals surface area contributed by atoms with Gasteiger partial charge in [0.1, 0.15) is 0 Å². The zero-order valence-electron chi connectivity index (χ0n) is 11.4. The van der Waals surface area contributed by atoms with E-state index in [1.807, 2.05) is 6.26 Å². The van der Waals surface area contributed by atoms with Gasteiger partial charge in [0.25, 0.3) is 0 Å². The van der Waals surface area contributed by atoms with Crippen LogP contribution in [0.2, 0.25) is 0 Å². The van der Waals surface area contributed by atoms with Crippen molar-refractivity contribution in [1.29, 1.82) is 0 Å². The highest BCUT2D eigenvalue weighted by molar-refractivity contribution is 7.99. The van der Waals surface area contributed by atoms with E-state index in [4.69, 9.17) is 5.11 Å². The van der Waals surface area contributed by atoms with Crippen LogP contribution in [0.25, 0.3) is 0 Å². The van der Waals surface area contributed by atoms with Gasteiger partial charge in [0.15, 0.2) is 0 Å². The van der Waals surface area contributed by atoms with Gasteiger partial charge < -0.3 is 10.4 Å². The third-order valence-corrected chi connectivity index (χ3v) is 4.88. The van der Waals surface area contributed by atoms with Gasteiger partial charge in [0, 0.05) is 17.2 Å². The Balaban J connectivity index is 2.44. The lowest BCUT2D eigenvalue weighted by Crippen LogP contribution is -2.41. The van der Waals surface area contributed by atoms with Crippen LogP contribution in [0.4, 0.5) is 0 Å². The van der Waals surface area contributed by atoms with Gasteiger partial charge in [-0.3, -0.25) is 9.59 Å². The summed E-state index contributed by atoms with van der Waals surface area (Å²) in [6, 6.07) is 0. The van der Waals surface area contributed by atoms with E-state index in [0.717, 1.165) is 12.8 Å². The molecule has 0 spiro atoms. The highest BCUT2D eigenvalue weighted by atomic mass is 32.2. The molecule has 1 amide bonds. The molecule has 0 heterocycles. The fraction of sp³-hybridized carbons (Fsp3) is 0.846. The molecule has 1 rings (SSSR count). The number of thioether (sulfide) groups is 1. The summed E-state index contributed by atoms with van der Waals surface area (Å²) in [6.45, 7) is 4.79. The first-order valence-electron chi connectivity index (χ1n) is 6.41. The van der Waals surface area contributed by atoms with Crippen molar-refractivity contribution in [3.8, 4) is 0 Å². The minimum atomic E-state index is -0.767. The summed E-state index contributed by atoms with van der Waals surface area (Å²) in [7, 11) is 0. The molecule has 4 nitrogen and oxygen atoms in total. The Labute approximate surface area is 113 Å². The van der Waals surface area contributed by atoms with E-state index in [2.05, 4.69) is 19.2 Å². The van der Waals surface area contributed by atoms with Gasteiger partial charge in [-0.2, -0.15) is 11.8 Å². The Morgan fingerprint density at radius 1 is 1.33 bits per heavy atom. The number of amides is 1. The fourth-order valence-corrected chi connectivity index (χ4v) is 2.39. The summed E-state index contributed by atoms with van der Waals surface area (Å²) in [5.41, 5.74) is 0. The van der Waals surface area contributed by atoms with E-state index in [0.29, 0.717) is 19.4 Å². The molecule has 1 saturated carbocycles. The highest BCUT2D eigenvalue weighted by Gasteiger charge is 2.31. The number of rotatable bonds is 5. The van der Waals surface area contributed by atoms with Gasteiger partial charge in [-0.25, -0.2) is 0 Å². The fourth-order valence-electron chi connectivity index (χ4n) is 2.17. The molecule has 1 fully saturated rings. The minimum Gasteiger partial charge on any atom is -0.481 e. The van der Waals surface area contributed by atoms with Gasteiger partial charge >= 0.3 is 5.97 Å². The number of carboxylic acid groups (broad SMARTS) is 1. The lowest BCUT2D eigenvalue weighted by Gasteiger charge is -2.28. The smallest absolute Gasteiger partial charge is 0.306 e. The largest absolute Gasteiger partial charge is 0.481 e. The molecular formula is C13H23NO3S. The molecule has 0 aliphatic heterocycles. The summed E-state index contributed by atoms with van der Waals surface area (Å²) in [6.07, 6.45) is 4.86. The Kier molecular flexibility index (Phi) is 5.50. The van der Waals surface area contributed by atoms with Gasteiger partial charge in [-0.1, -0.05) is 6.42 Å². The topological polar surface area (TPSA) is 66.4 Å². The second-order valence-electron chi connectivity index (χ2n) is 5.58. The molecule has 0 aromatic heterocycles. The predicted octanol–water partition coefficient (Wildman–Crippen LogP) is 2.14. The minimum absolute atomic E-state index is 0.0167. The molecule has 104 valence electrons. The second kappa shape index (κ2) is 6.45. The number of carbonyl (C=O) groups excluding carboxylic acids is 1. The first-order valence-corrected chi connectivity index (χ1v) is 7.64. The molecule has 2 N–H and O–H groups in total. The standard InChI is InChI=1S/C13H23NO3S/c1-13(2,18-3)8-14-11(15)9-5-4-6-10(7-9)12(16)17/h9-10H,4-8H2,1-3H3,(H,14,15)(H,16,17). The molecule has 0 bridgehead atoms. The molecule has 1 aliphatic rings. The molecule has 1 aliphatic carbocycles. The maximum atomic E-state index is 12.0. The first-order chi connectivity index (χ1) is 8.35. The van der Waals surface area contributed by atoms with Crippen molar-refractivity contribution in [2.75, 3.05) is 12.8 Å². The van der Waals surface area contributed by atoms with Crippen LogP contribution in [0, 0.1) is 11.8 Å². The number of nitrogens with one attached hydrogen (secondary N) is 1. The number of carboxylic acids is 1. The molecule has 2 atom stereocenters. The zero-order valence-corrected chi connectivity index (χ0v) is 12.2. The highest BCUT2D eigenvalue weighted by Crippen LogP contribution is 2.29. The predicted molar refractivity (Wildman–Crippen MR) is 73.7 cm³/mol. The van der Waals surface area contributed by atoms with Crippen molar-refractivity contribution in [1.82, 2.24) is 5.32 Å². The van der Waals surface area contributed by atoms with Gasteiger partial charge in [0.2, 0.25) is 5.91 Å². The Morgan fingerprint density at radius 2 is 1.94 bits per heavy atom. The second-order valence-corrected chi connectivity index (χ2v) is 7.09. The van der Waals surface area contributed by atoms with Gasteiger partial charge in [-0.05, 0) is 39.4 Å². The summed E-state index contributed by atoms with van der Waals surface area (Å²) in [5, 5.41) is 12.0. The molecule has 0 aromatic rings. The Bertz CT molecular complexity index is 317. The van der Waals surface area contributed by atoms with Crippen molar-refractivity contribution in [3.05, 3.63) is 0 Å². The van der Waals surface area contributed by atoms with Crippen molar-refractivity contribution >= 4 is 23.6 Å². The number of hydrogen-bond acceptors (Lipinski definition) is 3. The van der Waals surface area contributed by atoms with Crippen LogP contribution in [0.1, 0.15) is 39.5 Å². The van der Waals surface area contributed by atoms with E-state index in [1.165, 1.54) is 0 Å². The van der Waals surface area contributed by atoms with E-state index in [-0.39, 0.29) is 22.5 Å². The SMILES string of the molecule is CSC(C)(C)CNC(=O)C1CCCC(C(=O)O)C1. The third-order valence-electron chi connectivity index (χ3n) is 3.64. The van der Waals surface area contributed by atoms with E-state index >= 15 is 0 Å². The lowest BCUT2D eigenvalue weighted by molar-refractivity contribution is -0.144. The van der Waals surface area contributed by atoms with Crippen LogP contribution in [0.5, 0.6) is 0 Å². The average molecular weight is 273 g/mol. The zero-order chi connectivity index (χ0) is 13.8. The first kappa shape index (κ1) is 15.3. The molecule has 0 radical (unpaired) electrons. The van der Waals surface area contributed by atoms with Crippen LogP contribution in [0.3, 0.4) is 0 Å². The van der Waals surface area contributed by atoms with Crippen LogP contribution in [-0.2, 0) is 9.59 Å². The summed E-state index contributed by atoms with van der Waals surface area (Å²) in [5.74, 6) is -1.22. The maximum absolute atomic E-state index is 12.0. The average Bonchev–Trinajstić information content (AvgIpc) is 2.36. The molecule has 0 aromatic carbocycles. The molecular weight excluding hydrogens is 250 g/mol. The Morgan fingerprint density at radius 3 is 2.50 bits per heavy atom. The van der Waals surface area contributed by atoms with Crippen LogP contribution in [0.15, 0.2) is 0 Å². The molecule has 2 unspecified atom stereocenters. The summed E-state index contributed by atoms with van der Waals surface area (Å²) in [4.78, 5) is 23.0. The lowest BCUT2D eigenvalue weighted by atomic mass is 9.81. The van der Waals surface area contributed by atoms with E-state index < -0.39 is 5.97 Å². The maximum Gasteiger partial charge on any atom is 0.306 e. The van der Waals surface area contributed by atoms with Gasteiger partial charge in [-0.15, -0.1) is 0 Å². The molecule has 5 heteroatoms. The van der Waals surface area contributed by atoms with Crippen LogP contribution < -0.4 is 5.32 Å². The Hall–Kier alpha value is -0.710. The monoisotopic (exact) mass is 273 g/mol. The van der Waals surface area contributed by atoms with Crippen molar-refractivity contribution < 1.29 is 14.7 Å².